The highest BCUT2D eigenvalue weighted by Crippen LogP contribution is 2.40. The molecule has 1 saturated carbocycles. The van der Waals surface area contributed by atoms with Crippen LogP contribution in [0.1, 0.15) is 54.4 Å². The van der Waals surface area contributed by atoms with Gasteiger partial charge in [-0.15, -0.1) is 0 Å². The fraction of sp³-hybridized carbons (Fsp3) is 0.417. The van der Waals surface area contributed by atoms with Crippen LogP contribution in [-0.4, -0.2) is 55.6 Å². The number of nitrogens with two attached hydrogens (primary N) is 1. The van der Waals surface area contributed by atoms with Gasteiger partial charge < -0.3 is 30.2 Å². The van der Waals surface area contributed by atoms with Crippen molar-refractivity contribution < 1.29 is 32.6 Å². The molecule has 1 unspecified atom stereocenters. The predicted octanol–water partition coefficient (Wildman–Crippen LogP) is 8.05. The fourth-order valence-corrected chi connectivity index (χ4v) is 4.20. The van der Waals surface area contributed by atoms with Crippen LogP contribution in [0.15, 0.2) is 67.2 Å². The van der Waals surface area contributed by atoms with Gasteiger partial charge in [0.1, 0.15) is 5.75 Å². The Morgan fingerprint density at radius 2 is 1.72 bits per heavy atom. The monoisotopic (exact) mass is 656 g/mol. The molecule has 4 rings (SSSR count). The van der Waals surface area contributed by atoms with Crippen LogP contribution >= 0.6 is 0 Å². The Balaban J connectivity index is 0.000000877. The Morgan fingerprint density at radius 1 is 1.11 bits per heavy atom. The van der Waals surface area contributed by atoms with Gasteiger partial charge in [0.05, 0.1) is 25.1 Å². The maximum absolute atomic E-state index is 14.8. The zero-order chi connectivity index (χ0) is 35.4. The van der Waals surface area contributed by atoms with Crippen molar-refractivity contribution >= 4 is 28.9 Å². The van der Waals surface area contributed by atoms with Gasteiger partial charge in [0.15, 0.2) is 23.1 Å². The van der Waals surface area contributed by atoms with E-state index in [9.17, 15) is 13.6 Å². The smallest absolute Gasteiger partial charge is 0.227 e. The number of hydrogen-bond acceptors (Lipinski definition) is 7. The Kier molecular flexibility index (Phi) is 19.0. The van der Waals surface area contributed by atoms with Crippen molar-refractivity contribution in [3.05, 3.63) is 73.0 Å². The molecule has 2 aromatic carbocycles. The molecule has 0 aliphatic heterocycles. The molecule has 2 amide bonds. The van der Waals surface area contributed by atoms with E-state index in [2.05, 4.69) is 41.4 Å². The lowest BCUT2D eigenvalue weighted by Crippen LogP contribution is -2.25. The first kappa shape index (κ1) is 40.5. The van der Waals surface area contributed by atoms with Gasteiger partial charge in [-0.3, -0.25) is 14.6 Å². The molecule has 2 atom stereocenters. The summed E-state index contributed by atoms with van der Waals surface area (Å²) in [5.41, 5.74) is 5.22. The van der Waals surface area contributed by atoms with Crippen LogP contribution in [0.3, 0.4) is 0 Å². The van der Waals surface area contributed by atoms with E-state index in [4.69, 9.17) is 19.0 Å². The van der Waals surface area contributed by atoms with Crippen LogP contribution in [0.2, 0.25) is 0 Å². The second-order valence-electron chi connectivity index (χ2n) is 10.6. The Labute approximate surface area is 277 Å². The number of carbonyl (C=O) groups excluding carboxylic acids is 2. The van der Waals surface area contributed by atoms with Crippen molar-refractivity contribution in [2.75, 3.05) is 38.7 Å². The summed E-state index contributed by atoms with van der Waals surface area (Å²) in [6, 6.07) is 9.70. The lowest BCUT2D eigenvalue weighted by Gasteiger charge is -2.18. The Bertz CT molecular complexity index is 1440. The molecule has 1 aromatic heterocycles. The number of methoxy groups -OCH3 is 1. The second kappa shape index (κ2) is 22.1. The molecule has 47 heavy (non-hydrogen) atoms. The first-order valence-electron chi connectivity index (χ1n) is 15.6. The number of hydrogen-bond donors (Lipinski definition) is 2. The third-order valence-corrected chi connectivity index (χ3v) is 6.96. The largest absolute Gasteiger partial charge is 0.493 e. The Hall–Kier alpha value is -4.51. The van der Waals surface area contributed by atoms with Crippen LogP contribution in [0.5, 0.6) is 23.0 Å². The molecule has 9 nitrogen and oxygen atoms in total. The SMILES string of the molecule is C/C=C\C.C=C(C)F.CCN(CC)CCCOc1cc2nccc(Oc3ccc(NC(=O)C4C[C@H]4C)cc3F)c2cc1OC.NC=O. The molecule has 1 heterocycles. The summed E-state index contributed by atoms with van der Waals surface area (Å²) in [7, 11) is 1.58. The van der Waals surface area contributed by atoms with Gasteiger partial charge in [-0.2, -0.15) is 0 Å². The van der Waals surface area contributed by atoms with Crippen LogP contribution in [0.25, 0.3) is 10.9 Å². The molecule has 0 bridgehead atoms. The topological polar surface area (TPSA) is 116 Å². The molecule has 258 valence electrons. The maximum atomic E-state index is 14.8. The van der Waals surface area contributed by atoms with Gasteiger partial charge in [0, 0.05) is 41.9 Å². The Morgan fingerprint density at radius 3 is 2.23 bits per heavy atom. The molecule has 3 N–H and O–H groups in total. The summed E-state index contributed by atoms with van der Waals surface area (Å²) in [5.74, 6) is 1.06. The number of ether oxygens (including phenoxy) is 3. The molecular weight excluding hydrogens is 606 g/mol. The van der Waals surface area contributed by atoms with Gasteiger partial charge in [-0.25, -0.2) is 8.78 Å². The normalized spacial score (nSPS) is 14.4. The van der Waals surface area contributed by atoms with E-state index in [1.54, 1.807) is 31.5 Å². The molecule has 0 spiro atoms. The van der Waals surface area contributed by atoms with Crippen molar-refractivity contribution in [3.8, 4) is 23.0 Å². The van der Waals surface area contributed by atoms with E-state index >= 15 is 0 Å². The minimum Gasteiger partial charge on any atom is -0.493 e. The summed E-state index contributed by atoms with van der Waals surface area (Å²) in [6.07, 6.45) is 7.63. The number of nitrogens with zero attached hydrogens (tertiary/aromatic N) is 2. The summed E-state index contributed by atoms with van der Waals surface area (Å²) in [5, 5.41) is 3.44. The number of carbonyl (C=O) groups is 2. The standard InChI is InChI=1S/C28H34FN3O4.C4H8.C3H5F.CH3NO/c1-5-32(6-2)12-7-13-35-27-17-23-21(16-26(27)34-4)24(10-11-30-23)36-25-9-8-19(15-22(25)29)31-28(33)20-14-18(20)3;1-3-4-2;1-3(2)4;2-1-3/h8-11,15-18,20H,5-7,12-14H2,1-4H3,(H,31,33);3-4H,1-2H3;1H2,2H3;1H,(H2,2,3)/b;4-3-;;/t18-,20?;;;/m1.../s1. The summed E-state index contributed by atoms with van der Waals surface area (Å²) in [4.78, 5) is 27.5. The first-order valence-corrected chi connectivity index (χ1v) is 15.6. The number of allylic oxidation sites excluding steroid dienone is 3. The van der Waals surface area contributed by atoms with Crippen molar-refractivity contribution in [2.45, 2.75) is 54.4 Å². The van der Waals surface area contributed by atoms with Gasteiger partial charge >= 0.3 is 0 Å². The van der Waals surface area contributed by atoms with E-state index in [0.29, 0.717) is 46.4 Å². The number of aromatic nitrogens is 1. The number of anilines is 1. The van der Waals surface area contributed by atoms with Crippen molar-refractivity contribution in [1.29, 1.82) is 0 Å². The molecule has 11 heteroatoms. The number of nitrogens with one attached hydrogen (secondary N) is 1. The molecular formula is C36H50F2N4O5. The minimum absolute atomic E-state index is 0.0124. The summed E-state index contributed by atoms with van der Waals surface area (Å²) < 4.78 is 43.1. The number of pyridine rings is 1. The highest BCUT2D eigenvalue weighted by Gasteiger charge is 2.39. The van der Waals surface area contributed by atoms with Crippen LogP contribution in [-0.2, 0) is 9.59 Å². The minimum atomic E-state index is -0.568. The number of primary amides is 1. The third kappa shape index (κ3) is 14.6. The van der Waals surface area contributed by atoms with E-state index < -0.39 is 5.82 Å². The molecule has 1 fully saturated rings. The average Bonchev–Trinajstić information content (AvgIpc) is 3.79. The lowest BCUT2D eigenvalue weighted by atomic mass is 10.1. The summed E-state index contributed by atoms with van der Waals surface area (Å²) in [6.45, 7) is 18.1. The molecule has 1 aliphatic rings. The van der Waals surface area contributed by atoms with Gasteiger partial charge in [0.2, 0.25) is 12.3 Å². The van der Waals surface area contributed by atoms with Crippen molar-refractivity contribution in [2.24, 2.45) is 17.6 Å². The highest BCUT2D eigenvalue weighted by molar-refractivity contribution is 5.94. The highest BCUT2D eigenvalue weighted by atomic mass is 19.1. The number of amides is 2. The second-order valence-corrected chi connectivity index (χ2v) is 10.6. The fourth-order valence-electron chi connectivity index (χ4n) is 4.20. The number of fused-ring (bicyclic) bond motifs is 1. The van der Waals surface area contributed by atoms with Crippen LogP contribution in [0.4, 0.5) is 14.5 Å². The predicted molar refractivity (Wildman–Crippen MR) is 185 cm³/mol. The van der Waals surface area contributed by atoms with E-state index in [1.165, 1.54) is 19.1 Å². The third-order valence-electron chi connectivity index (χ3n) is 6.96. The zero-order valence-corrected chi connectivity index (χ0v) is 28.6. The van der Waals surface area contributed by atoms with E-state index in [1.807, 2.05) is 39.0 Å². The molecule has 0 saturated heterocycles. The van der Waals surface area contributed by atoms with E-state index in [0.717, 1.165) is 32.5 Å². The number of rotatable bonds is 12. The van der Waals surface area contributed by atoms with Gasteiger partial charge in [0.25, 0.3) is 0 Å². The molecule has 0 radical (unpaired) electrons. The maximum Gasteiger partial charge on any atom is 0.227 e. The first-order chi connectivity index (χ1) is 22.5. The lowest BCUT2D eigenvalue weighted by molar-refractivity contribution is -0.117. The zero-order valence-electron chi connectivity index (χ0n) is 28.6. The molecule has 3 aromatic rings. The van der Waals surface area contributed by atoms with Crippen molar-refractivity contribution in [3.63, 3.8) is 0 Å². The van der Waals surface area contributed by atoms with Crippen LogP contribution < -0.4 is 25.3 Å². The van der Waals surface area contributed by atoms with Gasteiger partial charge in [-0.05, 0) is 76.9 Å². The number of halogens is 2. The quantitative estimate of drug-likeness (QED) is 0.115. The van der Waals surface area contributed by atoms with Crippen molar-refractivity contribution in [1.82, 2.24) is 9.88 Å². The average molecular weight is 657 g/mol. The number of benzene rings is 2. The van der Waals surface area contributed by atoms with Gasteiger partial charge in [-0.1, -0.05) is 39.5 Å². The molecule has 1 aliphatic carbocycles. The van der Waals surface area contributed by atoms with Crippen LogP contribution in [0, 0.1) is 17.7 Å². The summed E-state index contributed by atoms with van der Waals surface area (Å²) >= 11 is 0. The van der Waals surface area contributed by atoms with E-state index in [-0.39, 0.29) is 29.8 Å².